The first-order valence-corrected chi connectivity index (χ1v) is 6.24. The van der Waals surface area contributed by atoms with Gasteiger partial charge in [-0.2, -0.15) is 0 Å². The fraction of sp³-hybridized carbons (Fsp3) is 0.583. The van der Waals surface area contributed by atoms with E-state index in [1.165, 1.54) is 12.8 Å². The zero-order chi connectivity index (χ0) is 13.0. The molecular formula is C12H18F2N4. The van der Waals surface area contributed by atoms with Crippen molar-refractivity contribution in [2.75, 3.05) is 37.2 Å². The van der Waals surface area contributed by atoms with Crippen LogP contribution in [0.15, 0.2) is 6.07 Å². The lowest BCUT2D eigenvalue weighted by molar-refractivity contribution is 0.337. The van der Waals surface area contributed by atoms with Crippen LogP contribution in [0.4, 0.5) is 20.4 Å². The molecule has 2 heterocycles. The number of pyridine rings is 1. The quantitative estimate of drug-likeness (QED) is 0.789. The summed E-state index contributed by atoms with van der Waals surface area (Å²) in [4.78, 5) is 6.02. The molecule has 0 aromatic carbocycles. The van der Waals surface area contributed by atoms with Crippen LogP contribution in [0.25, 0.3) is 0 Å². The van der Waals surface area contributed by atoms with Crippen molar-refractivity contribution in [2.45, 2.75) is 19.3 Å². The number of nitrogen functional groups attached to an aromatic ring is 1. The first kappa shape index (κ1) is 13.0. The monoisotopic (exact) mass is 256 g/mol. The first-order chi connectivity index (χ1) is 8.66. The molecule has 6 heteroatoms. The van der Waals surface area contributed by atoms with E-state index < -0.39 is 11.6 Å². The number of nitrogens with one attached hydrogen (secondary N) is 1. The molecule has 1 saturated heterocycles. The number of aromatic nitrogens is 1. The number of halogens is 2. The van der Waals surface area contributed by atoms with Crippen LogP contribution < -0.4 is 11.1 Å². The van der Waals surface area contributed by atoms with Crippen LogP contribution in [0, 0.1) is 11.6 Å². The number of nitrogens with two attached hydrogens (primary N) is 1. The first-order valence-electron chi connectivity index (χ1n) is 6.24. The summed E-state index contributed by atoms with van der Waals surface area (Å²) in [6, 6.07) is 0.755. The SMILES string of the molecule is Nc1nc(NCCCN2CCCC2)c(F)cc1F. The van der Waals surface area contributed by atoms with Crippen molar-refractivity contribution in [1.29, 1.82) is 0 Å². The van der Waals surface area contributed by atoms with Gasteiger partial charge in [0.1, 0.15) is 0 Å². The Morgan fingerprint density at radius 1 is 1.28 bits per heavy atom. The summed E-state index contributed by atoms with van der Waals surface area (Å²) in [6.07, 6.45) is 3.43. The van der Waals surface area contributed by atoms with E-state index in [1.54, 1.807) is 0 Å². The molecule has 1 aliphatic heterocycles. The lowest BCUT2D eigenvalue weighted by Crippen LogP contribution is -2.22. The summed E-state index contributed by atoms with van der Waals surface area (Å²) in [5.74, 6) is -1.79. The van der Waals surface area contributed by atoms with Crippen molar-refractivity contribution in [2.24, 2.45) is 0 Å². The van der Waals surface area contributed by atoms with Crippen molar-refractivity contribution < 1.29 is 8.78 Å². The van der Waals surface area contributed by atoms with E-state index in [1.807, 2.05) is 0 Å². The Hall–Kier alpha value is -1.43. The van der Waals surface area contributed by atoms with Crippen LogP contribution >= 0.6 is 0 Å². The molecule has 0 radical (unpaired) electrons. The Balaban J connectivity index is 1.77. The predicted octanol–water partition coefficient (Wildman–Crippen LogP) is 1.84. The molecule has 18 heavy (non-hydrogen) atoms. The molecular weight excluding hydrogens is 238 g/mol. The summed E-state index contributed by atoms with van der Waals surface area (Å²) in [5.41, 5.74) is 5.29. The van der Waals surface area contributed by atoms with Crippen molar-refractivity contribution in [1.82, 2.24) is 9.88 Å². The minimum Gasteiger partial charge on any atom is -0.381 e. The van der Waals surface area contributed by atoms with E-state index in [2.05, 4.69) is 15.2 Å². The third-order valence-corrected chi connectivity index (χ3v) is 3.10. The van der Waals surface area contributed by atoms with Crippen molar-refractivity contribution in [3.8, 4) is 0 Å². The average molecular weight is 256 g/mol. The maximum Gasteiger partial charge on any atom is 0.168 e. The number of rotatable bonds is 5. The van der Waals surface area contributed by atoms with Crippen LogP contribution in [0.5, 0.6) is 0 Å². The molecule has 0 saturated carbocycles. The molecule has 1 aromatic rings. The summed E-state index contributed by atoms with van der Waals surface area (Å²) >= 11 is 0. The van der Waals surface area contributed by atoms with Crippen LogP contribution in [0.2, 0.25) is 0 Å². The standard InChI is InChI=1S/C12H18F2N4/c13-9-8-10(14)12(17-11(9)15)16-4-3-7-18-5-1-2-6-18/h8H,1-7H2,(H3,15,16,17). The molecule has 0 unspecified atom stereocenters. The predicted molar refractivity (Wildman–Crippen MR) is 67.3 cm³/mol. The molecule has 100 valence electrons. The van der Waals surface area contributed by atoms with Gasteiger partial charge in [-0.15, -0.1) is 0 Å². The smallest absolute Gasteiger partial charge is 0.168 e. The van der Waals surface area contributed by atoms with E-state index in [9.17, 15) is 8.78 Å². The molecule has 0 bridgehead atoms. The van der Waals surface area contributed by atoms with E-state index in [4.69, 9.17) is 5.73 Å². The maximum atomic E-state index is 13.3. The molecule has 0 spiro atoms. The molecule has 3 N–H and O–H groups in total. The van der Waals surface area contributed by atoms with Gasteiger partial charge < -0.3 is 16.0 Å². The topological polar surface area (TPSA) is 54.2 Å². The van der Waals surface area contributed by atoms with E-state index >= 15 is 0 Å². The van der Waals surface area contributed by atoms with Gasteiger partial charge in [-0.05, 0) is 38.9 Å². The van der Waals surface area contributed by atoms with Gasteiger partial charge in [-0.1, -0.05) is 0 Å². The molecule has 0 atom stereocenters. The lowest BCUT2D eigenvalue weighted by Gasteiger charge is -2.14. The lowest BCUT2D eigenvalue weighted by atomic mass is 10.3. The zero-order valence-electron chi connectivity index (χ0n) is 10.3. The van der Waals surface area contributed by atoms with Gasteiger partial charge in [0.15, 0.2) is 23.3 Å². The molecule has 2 rings (SSSR count). The molecule has 1 aliphatic rings. The Kier molecular flexibility index (Phi) is 4.30. The Bertz CT molecular complexity index is 405. The third kappa shape index (κ3) is 3.29. The van der Waals surface area contributed by atoms with E-state index in [0.717, 1.165) is 32.1 Å². The van der Waals surface area contributed by atoms with Gasteiger partial charge in [-0.3, -0.25) is 0 Å². The van der Waals surface area contributed by atoms with E-state index in [0.29, 0.717) is 6.54 Å². The molecule has 0 amide bonds. The largest absolute Gasteiger partial charge is 0.381 e. The van der Waals surface area contributed by atoms with Crippen LogP contribution in [0.3, 0.4) is 0 Å². The highest BCUT2D eigenvalue weighted by Gasteiger charge is 2.11. The second kappa shape index (κ2) is 5.95. The number of hydrogen-bond acceptors (Lipinski definition) is 4. The summed E-state index contributed by atoms with van der Waals surface area (Å²) < 4.78 is 26.2. The van der Waals surface area contributed by atoms with Crippen LogP contribution in [-0.4, -0.2) is 36.1 Å². The normalized spacial score (nSPS) is 16.1. The number of likely N-dealkylation sites (tertiary alicyclic amines) is 1. The molecule has 1 aromatic heterocycles. The highest BCUT2D eigenvalue weighted by atomic mass is 19.1. The molecule has 4 nitrogen and oxygen atoms in total. The third-order valence-electron chi connectivity index (χ3n) is 3.10. The van der Waals surface area contributed by atoms with Gasteiger partial charge in [0.05, 0.1) is 0 Å². The Labute approximate surface area is 105 Å². The van der Waals surface area contributed by atoms with Gasteiger partial charge >= 0.3 is 0 Å². The summed E-state index contributed by atoms with van der Waals surface area (Å²) in [5, 5.41) is 2.85. The van der Waals surface area contributed by atoms with Crippen molar-refractivity contribution >= 4 is 11.6 Å². The second-order valence-corrected chi connectivity index (χ2v) is 4.51. The minimum atomic E-state index is -0.824. The van der Waals surface area contributed by atoms with Crippen molar-refractivity contribution in [3.63, 3.8) is 0 Å². The van der Waals surface area contributed by atoms with Crippen molar-refractivity contribution in [3.05, 3.63) is 17.7 Å². The molecule has 1 fully saturated rings. The summed E-state index contributed by atoms with van der Waals surface area (Å²) in [6.45, 7) is 3.89. The minimum absolute atomic E-state index is 0.0234. The van der Waals surface area contributed by atoms with Gasteiger partial charge in [-0.25, -0.2) is 13.8 Å². The van der Waals surface area contributed by atoms with Gasteiger partial charge in [0.25, 0.3) is 0 Å². The van der Waals surface area contributed by atoms with Gasteiger partial charge in [0.2, 0.25) is 0 Å². The van der Waals surface area contributed by atoms with Gasteiger partial charge in [0, 0.05) is 12.6 Å². The average Bonchev–Trinajstić information content (AvgIpc) is 2.84. The fourth-order valence-corrected chi connectivity index (χ4v) is 2.12. The number of anilines is 2. The van der Waals surface area contributed by atoms with Crippen LogP contribution in [-0.2, 0) is 0 Å². The van der Waals surface area contributed by atoms with Crippen LogP contribution in [0.1, 0.15) is 19.3 Å². The number of hydrogen-bond donors (Lipinski definition) is 2. The second-order valence-electron chi connectivity index (χ2n) is 4.51. The Morgan fingerprint density at radius 2 is 2.00 bits per heavy atom. The number of nitrogens with zero attached hydrogens (tertiary/aromatic N) is 2. The van der Waals surface area contributed by atoms with E-state index in [-0.39, 0.29) is 11.6 Å². The maximum absolute atomic E-state index is 13.3. The Morgan fingerprint density at radius 3 is 2.72 bits per heavy atom. The highest BCUT2D eigenvalue weighted by Crippen LogP contribution is 2.16. The fourth-order valence-electron chi connectivity index (χ4n) is 2.12. The zero-order valence-corrected chi connectivity index (χ0v) is 10.3. The molecule has 0 aliphatic carbocycles. The highest BCUT2D eigenvalue weighted by molar-refractivity contribution is 5.44. The summed E-state index contributed by atoms with van der Waals surface area (Å²) in [7, 11) is 0.